The van der Waals surface area contributed by atoms with Gasteiger partial charge in [0.15, 0.2) is 0 Å². The summed E-state index contributed by atoms with van der Waals surface area (Å²) in [7, 11) is 0. The molecule has 2 aromatic carbocycles. The molecule has 0 amide bonds. The first-order chi connectivity index (χ1) is 10.7. The maximum absolute atomic E-state index is 12.2. The predicted molar refractivity (Wildman–Crippen MR) is 88.3 cm³/mol. The van der Waals surface area contributed by atoms with Gasteiger partial charge >= 0.3 is 5.97 Å². The minimum absolute atomic E-state index is 0.207. The number of carbonyl (C=O) groups is 1. The second-order valence-electron chi connectivity index (χ2n) is 5.35. The van der Waals surface area contributed by atoms with Crippen LogP contribution in [0.1, 0.15) is 35.1 Å². The molecule has 1 unspecified atom stereocenters. The maximum Gasteiger partial charge on any atom is 0.323 e. The number of esters is 1. The lowest BCUT2D eigenvalue weighted by molar-refractivity contribution is -0.145. The van der Waals surface area contributed by atoms with Gasteiger partial charge < -0.3 is 10.5 Å². The van der Waals surface area contributed by atoms with Gasteiger partial charge in [-0.25, -0.2) is 0 Å². The van der Waals surface area contributed by atoms with Crippen LogP contribution in [0.4, 0.5) is 0 Å². The van der Waals surface area contributed by atoms with E-state index in [4.69, 9.17) is 10.5 Å². The number of benzene rings is 2. The summed E-state index contributed by atoms with van der Waals surface area (Å²) < 4.78 is 5.14. The number of rotatable bonds is 3. The first-order valence-corrected chi connectivity index (χ1v) is 7.50. The Morgan fingerprint density at radius 2 is 1.55 bits per heavy atom. The summed E-state index contributed by atoms with van der Waals surface area (Å²) in [5, 5.41) is 0. The van der Waals surface area contributed by atoms with Crippen LogP contribution in [0.2, 0.25) is 0 Å². The average Bonchev–Trinajstić information content (AvgIpc) is 2.71. The van der Waals surface area contributed by atoms with Crippen molar-refractivity contribution in [2.45, 2.75) is 18.9 Å². The van der Waals surface area contributed by atoms with E-state index in [1.165, 1.54) is 0 Å². The van der Waals surface area contributed by atoms with Crippen molar-refractivity contribution in [3.8, 4) is 0 Å². The molecular weight excluding hydrogens is 274 g/mol. The third kappa shape index (κ3) is 2.55. The molecule has 0 spiro atoms. The zero-order valence-electron chi connectivity index (χ0n) is 12.5. The number of hydrogen-bond acceptors (Lipinski definition) is 3. The van der Waals surface area contributed by atoms with E-state index in [1.807, 2.05) is 48.5 Å². The van der Waals surface area contributed by atoms with Gasteiger partial charge in [0.25, 0.3) is 0 Å². The number of nitrogens with two attached hydrogens (primary N) is 1. The van der Waals surface area contributed by atoms with Crippen molar-refractivity contribution in [1.82, 2.24) is 0 Å². The first kappa shape index (κ1) is 14.5. The summed E-state index contributed by atoms with van der Waals surface area (Å²) in [6.07, 6.45) is 4.15. The fraction of sp³-hybridized carbons (Fsp3) is 0.211. The van der Waals surface area contributed by atoms with Crippen LogP contribution in [0.15, 0.2) is 48.5 Å². The second kappa shape index (κ2) is 6.16. The molecule has 3 nitrogen and oxygen atoms in total. The monoisotopic (exact) mass is 293 g/mol. The van der Waals surface area contributed by atoms with E-state index in [1.54, 1.807) is 6.92 Å². The molecule has 0 saturated carbocycles. The van der Waals surface area contributed by atoms with Crippen LogP contribution >= 0.6 is 0 Å². The van der Waals surface area contributed by atoms with Crippen LogP contribution in [0, 0.1) is 0 Å². The molecule has 22 heavy (non-hydrogen) atoms. The van der Waals surface area contributed by atoms with Crippen molar-refractivity contribution in [3.63, 3.8) is 0 Å². The molecule has 0 saturated heterocycles. The molecule has 3 heteroatoms. The number of carbonyl (C=O) groups excluding carboxylic acids is 1. The van der Waals surface area contributed by atoms with Crippen LogP contribution in [0.3, 0.4) is 0 Å². The Bertz CT molecular complexity index is 671. The Balaban J connectivity index is 2.15. The van der Waals surface area contributed by atoms with Gasteiger partial charge in [-0.1, -0.05) is 60.7 Å². The zero-order valence-corrected chi connectivity index (χ0v) is 12.5. The van der Waals surface area contributed by atoms with E-state index in [0.717, 1.165) is 22.3 Å². The lowest BCUT2D eigenvalue weighted by atomic mass is 9.82. The summed E-state index contributed by atoms with van der Waals surface area (Å²) in [4.78, 5) is 12.2. The number of hydrogen-bond donors (Lipinski definition) is 1. The molecule has 0 heterocycles. The molecule has 112 valence electrons. The molecule has 3 rings (SSSR count). The molecule has 0 bridgehead atoms. The molecule has 2 aromatic rings. The van der Waals surface area contributed by atoms with Gasteiger partial charge in [0.2, 0.25) is 0 Å². The van der Waals surface area contributed by atoms with E-state index in [-0.39, 0.29) is 11.9 Å². The standard InChI is InChI=1S/C19H19NO2/c1-2-22-19(21)18(20)17-15-9-5-3-7-13(15)11-12-14-8-4-6-10-16(14)17/h3-12,17-18H,2,20H2,1H3. The molecular formula is C19H19NO2. The Morgan fingerprint density at radius 3 is 2.05 bits per heavy atom. The van der Waals surface area contributed by atoms with E-state index >= 15 is 0 Å². The Hall–Kier alpha value is -2.39. The summed E-state index contributed by atoms with van der Waals surface area (Å²) >= 11 is 0. The van der Waals surface area contributed by atoms with Gasteiger partial charge in [0.05, 0.1) is 6.61 Å². The lowest BCUT2D eigenvalue weighted by Gasteiger charge is -2.25. The lowest BCUT2D eigenvalue weighted by Crippen LogP contribution is -2.39. The van der Waals surface area contributed by atoms with E-state index in [9.17, 15) is 4.79 Å². The summed E-state index contributed by atoms with van der Waals surface area (Å²) in [6, 6.07) is 15.4. The number of fused-ring (bicyclic) bond motifs is 2. The third-order valence-corrected chi connectivity index (χ3v) is 4.02. The second-order valence-corrected chi connectivity index (χ2v) is 5.35. The average molecular weight is 293 g/mol. The highest BCUT2D eigenvalue weighted by Crippen LogP contribution is 2.36. The minimum Gasteiger partial charge on any atom is -0.465 e. The van der Waals surface area contributed by atoms with Crippen LogP contribution in [-0.2, 0) is 9.53 Å². The Kier molecular flexibility index (Phi) is 4.07. The number of ether oxygens (including phenoxy) is 1. The Labute approximate surface area is 130 Å². The van der Waals surface area contributed by atoms with Gasteiger partial charge in [-0.3, -0.25) is 4.79 Å². The van der Waals surface area contributed by atoms with Gasteiger partial charge in [0.1, 0.15) is 6.04 Å². The fourth-order valence-corrected chi connectivity index (χ4v) is 3.00. The summed E-state index contributed by atoms with van der Waals surface area (Å²) in [6.45, 7) is 2.13. The van der Waals surface area contributed by atoms with Crippen LogP contribution < -0.4 is 5.73 Å². The first-order valence-electron chi connectivity index (χ1n) is 7.50. The summed E-state index contributed by atoms with van der Waals surface area (Å²) in [5.74, 6) is -0.569. The van der Waals surface area contributed by atoms with E-state index in [2.05, 4.69) is 12.2 Å². The van der Waals surface area contributed by atoms with Gasteiger partial charge in [-0.15, -0.1) is 0 Å². The zero-order chi connectivity index (χ0) is 15.5. The topological polar surface area (TPSA) is 52.3 Å². The molecule has 0 aromatic heterocycles. The van der Waals surface area contributed by atoms with E-state index < -0.39 is 6.04 Å². The molecule has 1 atom stereocenters. The summed E-state index contributed by atoms with van der Waals surface area (Å²) in [5.41, 5.74) is 10.6. The molecule has 1 aliphatic rings. The highest BCUT2D eigenvalue weighted by Gasteiger charge is 2.32. The Morgan fingerprint density at radius 1 is 1.05 bits per heavy atom. The minimum atomic E-state index is -0.720. The third-order valence-electron chi connectivity index (χ3n) is 4.02. The SMILES string of the molecule is CCOC(=O)C(N)C1c2ccccc2C=Cc2ccccc21. The maximum atomic E-state index is 12.2. The van der Waals surface area contributed by atoms with Gasteiger partial charge in [-0.2, -0.15) is 0 Å². The van der Waals surface area contributed by atoms with Crippen molar-refractivity contribution >= 4 is 18.1 Å². The highest BCUT2D eigenvalue weighted by molar-refractivity contribution is 5.82. The quantitative estimate of drug-likeness (QED) is 0.884. The molecule has 1 aliphatic carbocycles. The highest BCUT2D eigenvalue weighted by atomic mass is 16.5. The fourth-order valence-electron chi connectivity index (χ4n) is 3.00. The molecule has 0 radical (unpaired) electrons. The smallest absolute Gasteiger partial charge is 0.323 e. The largest absolute Gasteiger partial charge is 0.465 e. The van der Waals surface area contributed by atoms with Crippen LogP contribution in [-0.4, -0.2) is 18.6 Å². The molecule has 0 fully saturated rings. The van der Waals surface area contributed by atoms with Crippen molar-refractivity contribution < 1.29 is 9.53 Å². The van der Waals surface area contributed by atoms with Crippen molar-refractivity contribution in [1.29, 1.82) is 0 Å². The van der Waals surface area contributed by atoms with Gasteiger partial charge in [-0.05, 0) is 29.2 Å². The van der Waals surface area contributed by atoms with Crippen molar-refractivity contribution in [2.24, 2.45) is 5.73 Å². The normalized spacial score (nSPS) is 14.6. The predicted octanol–water partition coefficient (Wildman–Crippen LogP) is 3.19. The molecule has 0 aliphatic heterocycles. The van der Waals surface area contributed by atoms with Crippen LogP contribution in [0.25, 0.3) is 12.2 Å². The van der Waals surface area contributed by atoms with E-state index in [0.29, 0.717) is 6.61 Å². The van der Waals surface area contributed by atoms with Gasteiger partial charge in [0, 0.05) is 5.92 Å². The van der Waals surface area contributed by atoms with Crippen molar-refractivity contribution in [2.75, 3.05) is 6.61 Å². The molecule has 2 N–H and O–H groups in total. The van der Waals surface area contributed by atoms with Crippen molar-refractivity contribution in [3.05, 3.63) is 70.8 Å². The van der Waals surface area contributed by atoms with Crippen LogP contribution in [0.5, 0.6) is 0 Å².